The van der Waals surface area contributed by atoms with Crippen LogP contribution in [0.5, 0.6) is 0 Å². The summed E-state index contributed by atoms with van der Waals surface area (Å²) in [7, 11) is 1.75. The molecule has 0 amide bonds. The fourth-order valence-corrected chi connectivity index (χ4v) is 1.59. The zero-order chi connectivity index (χ0) is 9.26. The van der Waals surface area contributed by atoms with Crippen LogP contribution in [0, 0.1) is 0 Å². The van der Waals surface area contributed by atoms with E-state index in [-0.39, 0.29) is 6.10 Å². The number of ether oxygens (including phenoxy) is 1. The second-order valence-corrected chi connectivity index (χ2v) is 3.82. The Labute approximate surface area is 79.7 Å². The monoisotopic (exact) mass is 176 g/mol. The van der Waals surface area contributed by atoms with E-state index in [0.29, 0.717) is 0 Å². The van der Waals surface area contributed by atoms with Gasteiger partial charge in [0.25, 0.3) is 0 Å². The summed E-state index contributed by atoms with van der Waals surface area (Å²) < 4.78 is 5.25. The number of hydrogen-bond acceptors (Lipinski definition) is 1. The molecule has 0 aromatic heterocycles. The van der Waals surface area contributed by atoms with E-state index in [2.05, 4.69) is 31.2 Å². The largest absolute Gasteiger partial charge is 0.377 e. The van der Waals surface area contributed by atoms with E-state index in [4.69, 9.17) is 4.74 Å². The summed E-state index contributed by atoms with van der Waals surface area (Å²) >= 11 is 0. The van der Waals surface area contributed by atoms with Crippen LogP contribution in [-0.2, 0) is 4.74 Å². The zero-order valence-corrected chi connectivity index (χ0v) is 8.29. The van der Waals surface area contributed by atoms with E-state index < -0.39 is 0 Å². The average Bonchev–Trinajstić information content (AvgIpc) is 3.00. The van der Waals surface area contributed by atoms with Crippen LogP contribution in [0.3, 0.4) is 0 Å². The molecule has 1 aliphatic carbocycles. The van der Waals surface area contributed by atoms with Gasteiger partial charge in [-0.3, -0.25) is 0 Å². The van der Waals surface area contributed by atoms with Crippen LogP contribution < -0.4 is 0 Å². The van der Waals surface area contributed by atoms with E-state index >= 15 is 0 Å². The molecule has 70 valence electrons. The molecule has 1 aromatic carbocycles. The molecule has 1 heteroatoms. The first-order valence-corrected chi connectivity index (χ1v) is 4.94. The van der Waals surface area contributed by atoms with Crippen molar-refractivity contribution in [3.05, 3.63) is 35.4 Å². The van der Waals surface area contributed by atoms with Gasteiger partial charge in [-0.2, -0.15) is 0 Å². The minimum Gasteiger partial charge on any atom is -0.377 e. The van der Waals surface area contributed by atoms with E-state index in [1.165, 1.54) is 24.0 Å². The van der Waals surface area contributed by atoms with Gasteiger partial charge in [-0.05, 0) is 36.8 Å². The first-order chi connectivity index (χ1) is 6.31. The van der Waals surface area contributed by atoms with Gasteiger partial charge in [-0.15, -0.1) is 0 Å². The number of benzene rings is 1. The van der Waals surface area contributed by atoms with Crippen molar-refractivity contribution in [2.24, 2.45) is 0 Å². The highest BCUT2D eigenvalue weighted by atomic mass is 16.5. The Morgan fingerprint density at radius 2 is 1.85 bits per heavy atom. The molecular formula is C12H16O. The molecule has 0 N–H and O–H groups in total. The van der Waals surface area contributed by atoms with Crippen LogP contribution in [0.4, 0.5) is 0 Å². The van der Waals surface area contributed by atoms with Crippen molar-refractivity contribution in [1.29, 1.82) is 0 Å². The van der Waals surface area contributed by atoms with E-state index in [9.17, 15) is 0 Å². The first kappa shape index (κ1) is 8.76. The van der Waals surface area contributed by atoms with Gasteiger partial charge in [-0.1, -0.05) is 24.3 Å². The Bertz CT molecular complexity index is 272. The number of methoxy groups -OCH3 is 1. The minimum atomic E-state index is 0.216. The van der Waals surface area contributed by atoms with E-state index in [1.807, 2.05) is 0 Å². The molecule has 1 aromatic rings. The van der Waals surface area contributed by atoms with Crippen molar-refractivity contribution in [2.45, 2.75) is 31.8 Å². The maximum atomic E-state index is 5.25. The molecule has 1 saturated carbocycles. The lowest BCUT2D eigenvalue weighted by atomic mass is 10.1. The summed E-state index contributed by atoms with van der Waals surface area (Å²) in [5.74, 6) is 0.854. The topological polar surface area (TPSA) is 9.23 Å². The van der Waals surface area contributed by atoms with Crippen molar-refractivity contribution in [1.82, 2.24) is 0 Å². The lowest BCUT2D eigenvalue weighted by Crippen LogP contribution is -1.95. The van der Waals surface area contributed by atoms with Crippen molar-refractivity contribution >= 4 is 0 Å². The minimum absolute atomic E-state index is 0.216. The summed E-state index contributed by atoms with van der Waals surface area (Å²) in [6.45, 7) is 2.08. The highest BCUT2D eigenvalue weighted by molar-refractivity contribution is 5.28. The Hall–Kier alpha value is -0.820. The molecule has 2 rings (SSSR count). The van der Waals surface area contributed by atoms with E-state index in [0.717, 1.165) is 5.92 Å². The quantitative estimate of drug-likeness (QED) is 0.686. The summed E-state index contributed by atoms with van der Waals surface area (Å²) in [5, 5.41) is 0. The van der Waals surface area contributed by atoms with Gasteiger partial charge in [0.2, 0.25) is 0 Å². The SMILES string of the molecule is COC(C)c1ccc(C2CC2)cc1. The molecule has 0 bridgehead atoms. The Morgan fingerprint density at radius 1 is 1.23 bits per heavy atom. The van der Waals surface area contributed by atoms with Crippen LogP contribution in [0.15, 0.2) is 24.3 Å². The highest BCUT2D eigenvalue weighted by Gasteiger charge is 2.23. The molecule has 0 spiro atoms. The molecule has 1 aliphatic rings. The van der Waals surface area contributed by atoms with Gasteiger partial charge in [0, 0.05) is 7.11 Å². The van der Waals surface area contributed by atoms with Crippen molar-refractivity contribution < 1.29 is 4.74 Å². The van der Waals surface area contributed by atoms with Crippen molar-refractivity contribution in [3.8, 4) is 0 Å². The lowest BCUT2D eigenvalue weighted by molar-refractivity contribution is 0.119. The maximum Gasteiger partial charge on any atom is 0.0793 e. The fraction of sp³-hybridized carbons (Fsp3) is 0.500. The molecular weight excluding hydrogens is 160 g/mol. The molecule has 1 fully saturated rings. The Kier molecular flexibility index (Phi) is 2.36. The van der Waals surface area contributed by atoms with Crippen LogP contribution in [0.1, 0.15) is 42.9 Å². The molecule has 0 saturated heterocycles. The lowest BCUT2D eigenvalue weighted by Gasteiger charge is -2.09. The zero-order valence-electron chi connectivity index (χ0n) is 8.29. The summed E-state index contributed by atoms with van der Waals surface area (Å²) in [6.07, 6.45) is 2.96. The summed E-state index contributed by atoms with van der Waals surface area (Å²) in [6, 6.07) is 8.84. The smallest absolute Gasteiger partial charge is 0.0793 e. The predicted molar refractivity (Wildman–Crippen MR) is 53.8 cm³/mol. The number of rotatable bonds is 3. The van der Waals surface area contributed by atoms with Gasteiger partial charge in [0.05, 0.1) is 6.10 Å². The van der Waals surface area contributed by atoms with E-state index in [1.54, 1.807) is 7.11 Å². The van der Waals surface area contributed by atoms with Gasteiger partial charge < -0.3 is 4.74 Å². The normalized spacial score (nSPS) is 18.6. The van der Waals surface area contributed by atoms with Gasteiger partial charge >= 0.3 is 0 Å². The number of hydrogen-bond donors (Lipinski definition) is 0. The highest BCUT2D eigenvalue weighted by Crippen LogP contribution is 2.40. The third-order valence-electron chi connectivity index (χ3n) is 2.81. The second-order valence-electron chi connectivity index (χ2n) is 3.82. The van der Waals surface area contributed by atoms with Crippen LogP contribution in [0.25, 0.3) is 0 Å². The van der Waals surface area contributed by atoms with Crippen molar-refractivity contribution in [3.63, 3.8) is 0 Å². The average molecular weight is 176 g/mol. The predicted octanol–water partition coefficient (Wildman–Crippen LogP) is 3.27. The Morgan fingerprint density at radius 3 is 2.31 bits per heavy atom. The first-order valence-electron chi connectivity index (χ1n) is 4.94. The van der Waals surface area contributed by atoms with Crippen LogP contribution in [0.2, 0.25) is 0 Å². The molecule has 0 aliphatic heterocycles. The third-order valence-corrected chi connectivity index (χ3v) is 2.81. The molecule has 0 radical (unpaired) electrons. The van der Waals surface area contributed by atoms with Crippen molar-refractivity contribution in [2.75, 3.05) is 7.11 Å². The molecule has 1 unspecified atom stereocenters. The Balaban J connectivity index is 2.12. The van der Waals surface area contributed by atoms with Crippen LogP contribution in [-0.4, -0.2) is 7.11 Å². The van der Waals surface area contributed by atoms with Gasteiger partial charge in [0.15, 0.2) is 0 Å². The molecule has 0 heterocycles. The maximum absolute atomic E-state index is 5.25. The molecule has 1 nitrogen and oxygen atoms in total. The third kappa shape index (κ3) is 1.92. The van der Waals surface area contributed by atoms with Crippen LogP contribution >= 0.6 is 0 Å². The molecule has 1 atom stereocenters. The van der Waals surface area contributed by atoms with Gasteiger partial charge in [0.1, 0.15) is 0 Å². The summed E-state index contributed by atoms with van der Waals surface area (Å²) in [5.41, 5.74) is 2.76. The van der Waals surface area contributed by atoms with Gasteiger partial charge in [-0.25, -0.2) is 0 Å². The molecule has 13 heavy (non-hydrogen) atoms. The standard InChI is InChI=1S/C12H16O/c1-9(13-2)10-3-5-11(6-4-10)12-7-8-12/h3-6,9,12H,7-8H2,1-2H3. The summed E-state index contributed by atoms with van der Waals surface area (Å²) in [4.78, 5) is 0. The second kappa shape index (κ2) is 3.51. The fourth-order valence-electron chi connectivity index (χ4n) is 1.59.